The lowest BCUT2D eigenvalue weighted by molar-refractivity contribution is -0.116. The van der Waals surface area contributed by atoms with Gasteiger partial charge in [0.25, 0.3) is 5.56 Å². The quantitative estimate of drug-likeness (QED) is 0.795. The van der Waals surface area contributed by atoms with Crippen LogP contribution in [0.3, 0.4) is 0 Å². The molecule has 1 aromatic heterocycles. The van der Waals surface area contributed by atoms with E-state index in [0.717, 1.165) is 10.2 Å². The minimum absolute atomic E-state index is 0.150. The van der Waals surface area contributed by atoms with Gasteiger partial charge in [-0.3, -0.25) is 15.0 Å². The van der Waals surface area contributed by atoms with Gasteiger partial charge in [-0.25, -0.2) is 14.1 Å². The van der Waals surface area contributed by atoms with Crippen molar-refractivity contribution in [3.63, 3.8) is 0 Å². The zero-order valence-electron chi connectivity index (χ0n) is 14.0. The predicted octanol–water partition coefficient (Wildman–Crippen LogP) is 2.72. The highest BCUT2D eigenvalue weighted by atomic mass is 19.1. The number of nitrogens with zero attached hydrogens (tertiary/aromatic N) is 2. The number of fused-ring (bicyclic) bond motifs is 1. The maximum atomic E-state index is 13.8. The Balaban J connectivity index is 2.01. The van der Waals surface area contributed by atoms with Crippen LogP contribution in [-0.4, -0.2) is 15.6 Å². The lowest BCUT2D eigenvalue weighted by atomic mass is 10.1. The third-order valence-corrected chi connectivity index (χ3v) is 4.06. The Labute approximate surface area is 144 Å². The average molecular weight is 339 g/mol. The number of halogens is 1. The fraction of sp³-hybridized carbons (Fsp3) is 0.211. The second kappa shape index (κ2) is 6.84. The molecule has 1 amide bonds. The van der Waals surface area contributed by atoms with Crippen LogP contribution >= 0.6 is 0 Å². The minimum Gasteiger partial charge on any atom is -0.273 e. The van der Waals surface area contributed by atoms with E-state index in [-0.39, 0.29) is 17.7 Å². The van der Waals surface area contributed by atoms with Gasteiger partial charge < -0.3 is 0 Å². The van der Waals surface area contributed by atoms with Gasteiger partial charge in [0.05, 0.1) is 17.3 Å². The van der Waals surface area contributed by atoms with E-state index in [0.29, 0.717) is 23.3 Å². The molecule has 0 aliphatic rings. The molecular weight excluding hydrogens is 321 g/mol. The standard InChI is InChI=1S/C19H18FN3O2/c1-3-16-21-18-12(2)15(20)10-9-14(18)19(25)23(16)22-17(24)11-13-7-5-4-6-8-13/h4-10H,3,11H2,1-2H3,(H,22,24). The molecule has 6 heteroatoms. The first-order valence-corrected chi connectivity index (χ1v) is 8.05. The summed E-state index contributed by atoms with van der Waals surface area (Å²) in [5.41, 5.74) is 3.70. The van der Waals surface area contributed by atoms with E-state index < -0.39 is 11.4 Å². The van der Waals surface area contributed by atoms with Crippen LogP contribution < -0.4 is 11.0 Å². The number of hydrogen-bond donors (Lipinski definition) is 1. The molecule has 2 aromatic carbocycles. The minimum atomic E-state index is -0.411. The first kappa shape index (κ1) is 16.8. The van der Waals surface area contributed by atoms with Crippen LogP contribution in [0.25, 0.3) is 10.9 Å². The van der Waals surface area contributed by atoms with Gasteiger partial charge in [0, 0.05) is 12.0 Å². The highest BCUT2D eigenvalue weighted by molar-refractivity contribution is 5.87. The molecule has 0 unspecified atom stereocenters. The second-order valence-electron chi connectivity index (χ2n) is 5.79. The highest BCUT2D eigenvalue weighted by Gasteiger charge is 2.15. The molecule has 0 bridgehead atoms. The number of carbonyl (C=O) groups excluding carboxylic acids is 1. The van der Waals surface area contributed by atoms with Gasteiger partial charge in [-0.1, -0.05) is 37.3 Å². The van der Waals surface area contributed by atoms with E-state index in [9.17, 15) is 14.0 Å². The topological polar surface area (TPSA) is 64.0 Å². The molecule has 25 heavy (non-hydrogen) atoms. The lowest BCUT2D eigenvalue weighted by Gasteiger charge is -2.14. The molecule has 0 atom stereocenters. The van der Waals surface area contributed by atoms with E-state index in [1.165, 1.54) is 12.1 Å². The van der Waals surface area contributed by atoms with Crippen LogP contribution in [0.4, 0.5) is 4.39 Å². The fourth-order valence-corrected chi connectivity index (χ4v) is 2.71. The van der Waals surface area contributed by atoms with Crippen molar-refractivity contribution in [2.75, 3.05) is 5.43 Å². The van der Waals surface area contributed by atoms with E-state index in [1.807, 2.05) is 37.3 Å². The Morgan fingerprint density at radius 3 is 2.60 bits per heavy atom. The third-order valence-electron chi connectivity index (χ3n) is 4.06. The Kier molecular flexibility index (Phi) is 4.61. The zero-order valence-corrected chi connectivity index (χ0v) is 14.0. The van der Waals surface area contributed by atoms with E-state index in [1.54, 1.807) is 6.92 Å². The summed E-state index contributed by atoms with van der Waals surface area (Å²) in [6.07, 6.45) is 0.573. The van der Waals surface area contributed by atoms with Gasteiger partial charge in [0.15, 0.2) is 0 Å². The van der Waals surface area contributed by atoms with Gasteiger partial charge in [0.1, 0.15) is 11.6 Å². The molecule has 1 N–H and O–H groups in total. The van der Waals surface area contributed by atoms with Crippen LogP contribution in [0.2, 0.25) is 0 Å². The van der Waals surface area contributed by atoms with Crippen molar-refractivity contribution in [3.05, 3.63) is 75.6 Å². The number of rotatable bonds is 4. The maximum absolute atomic E-state index is 13.8. The first-order chi connectivity index (χ1) is 12.0. The average Bonchev–Trinajstić information content (AvgIpc) is 2.61. The Morgan fingerprint density at radius 2 is 1.92 bits per heavy atom. The van der Waals surface area contributed by atoms with E-state index in [4.69, 9.17) is 0 Å². The van der Waals surface area contributed by atoms with E-state index >= 15 is 0 Å². The Hall–Kier alpha value is -3.02. The van der Waals surface area contributed by atoms with Crippen LogP contribution in [0.1, 0.15) is 23.9 Å². The summed E-state index contributed by atoms with van der Waals surface area (Å²) in [4.78, 5) is 29.4. The summed E-state index contributed by atoms with van der Waals surface area (Å²) in [5.74, 6) is -0.345. The molecule has 3 aromatic rings. The zero-order chi connectivity index (χ0) is 18.0. The molecule has 5 nitrogen and oxygen atoms in total. The van der Waals surface area contributed by atoms with Gasteiger partial charge in [-0.05, 0) is 24.6 Å². The largest absolute Gasteiger partial charge is 0.280 e. The number of carbonyl (C=O) groups is 1. The summed E-state index contributed by atoms with van der Waals surface area (Å²) in [6.45, 7) is 3.41. The molecule has 128 valence electrons. The van der Waals surface area contributed by atoms with Gasteiger partial charge in [-0.15, -0.1) is 0 Å². The Bertz CT molecular complexity index is 997. The molecule has 0 saturated carbocycles. The number of nitrogens with one attached hydrogen (secondary N) is 1. The maximum Gasteiger partial charge on any atom is 0.280 e. The molecule has 0 radical (unpaired) electrons. The fourth-order valence-electron chi connectivity index (χ4n) is 2.71. The van der Waals surface area contributed by atoms with Crippen molar-refractivity contribution in [1.29, 1.82) is 0 Å². The SMILES string of the molecule is CCc1nc2c(C)c(F)ccc2c(=O)n1NC(=O)Cc1ccccc1. The van der Waals surface area contributed by atoms with Gasteiger partial charge in [0.2, 0.25) is 5.91 Å². The van der Waals surface area contributed by atoms with Crippen molar-refractivity contribution in [1.82, 2.24) is 9.66 Å². The molecule has 0 spiro atoms. The Morgan fingerprint density at radius 1 is 1.20 bits per heavy atom. The highest BCUT2D eigenvalue weighted by Crippen LogP contribution is 2.17. The van der Waals surface area contributed by atoms with Crippen LogP contribution in [0, 0.1) is 12.7 Å². The number of aryl methyl sites for hydroxylation is 2. The third kappa shape index (κ3) is 3.28. The van der Waals surface area contributed by atoms with Gasteiger partial charge >= 0.3 is 0 Å². The first-order valence-electron chi connectivity index (χ1n) is 8.05. The van der Waals surface area contributed by atoms with Gasteiger partial charge in [-0.2, -0.15) is 0 Å². The van der Waals surface area contributed by atoms with Crippen LogP contribution in [0.5, 0.6) is 0 Å². The summed E-state index contributed by atoms with van der Waals surface area (Å²) >= 11 is 0. The van der Waals surface area contributed by atoms with E-state index in [2.05, 4.69) is 10.4 Å². The molecule has 0 aliphatic heterocycles. The molecule has 0 aliphatic carbocycles. The summed E-state index contributed by atoms with van der Waals surface area (Å²) in [5, 5.41) is 0.274. The second-order valence-corrected chi connectivity index (χ2v) is 5.79. The monoisotopic (exact) mass is 339 g/mol. The molecule has 3 rings (SSSR count). The normalized spacial score (nSPS) is 10.8. The molecule has 0 saturated heterocycles. The molecule has 0 fully saturated rings. The smallest absolute Gasteiger partial charge is 0.273 e. The van der Waals surface area contributed by atoms with Crippen molar-refractivity contribution in [3.8, 4) is 0 Å². The number of benzene rings is 2. The number of hydrogen-bond acceptors (Lipinski definition) is 3. The molecule has 1 heterocycles. The van der Waals surface area contributed by atoms with Crippen molar-refractivity contribution in [2.24, 2.45) is 0 Å². The van der Waals surface area contributed by atoms with Crippen molar-refractivity contribution < 1.29 is 9.18 Å². The van der Waals surface area contributed by atoms with Crippen molar-refractivity contribution >= 4 is 16.8 Å². The summed E-state index contributed by atoms with van der Waals surface area (Å²) < 4.78 is 14.9. The lowest BCUT2D eigenvalue weighted by Crippen LogP contribution is -2.37. The summed E-state index contributed by atoms with van der Waals surface area (Å²) in [7, 11) is 0. The number of aromatic nitrogens is 2. The predicted molar refractivity (Wildman–Crippen MR) is 94.6 cm³/mol. The summed E-state index contributed by atoms with van der Waals surface area (Å²) in [6, 6.07) is 11.9. The van der Waals surface area contributed by atoms with Crippen LogP contribution in [0.15, 0.2) is 47.3 Å². The number of amides is 1. The van der Waals surface area contributed by atoms with Crippen molar-refractivity contribution in [2.45, 2.75) is 26.7 Å². The molecular formula is C19H18FN3O2. The van der Waals surface area contributed by atoms with Crippen LogP contribution in [-0.2, 0) is 17.6 Å².